The average Bonchev–Trinajstić information content (AvgIpc) is 3.18. The maximum atomic E-state index is 12.0. The van der Waals surface area contributed by atoms with Crippen molar-refractivity contribution in [2.24, 2.45) is 0 Å². The van der Waals surface area contributed by atoms with E-state index in [1.54, 1.807) is 24.5 Å². The van der Waals surface area contributed by atoms with Gasteiger partial charge >= 0.3 is 5.97 Å². The molecule has 0 saturated heterocycles. The lowest BCUT2D eigenvalue weighted by atomic mass is 10.2. The Bertz CT molecular complexity index is 786. The molecule has 2 aromatic rings. The molecule has 0 aliphatic rings. The van der Waals surface area contributed by atoms with Crippen molar-refractivity contribution in [2.45, 2.75) is 13.5 Å². The van der Waals surface area contributed by atoms with Gasteiger partial charge in [-0.3, -0.25) is 4.79 Å². The number of hydrogen-bond acceptors (Lipinski definition) is 6. The number of allylic oxidation sites excluding steroid dienone is 1. The fraction of sp³-hybridized carbons (Fsp3) is 0.300. The Kier molecular flexibility index (Phi) is 7.88. The van der Waals surface area contributed by atoms with E-state index in [9.17, 15) is 9.59 Å². The van der Waals surface area contributed by atoms with E-state index in [0.717, 1.165) is 11.1 Å². The molecule has 1 aromatic heterocycles. The van der Waals surface area contributed by atoms with E-state index in [2.05, 4.69) is 0 Å². The summed E-state index contributed by atoms with van der Waals surface area (Å²) in [6.07, 6.45) is 3.85. The quantitative estimate of drug-likeness (QED) is 0.615. The second-order valence-electron chi connectivity index (χ2n) is 5.74. The van der Waals surface area contributed by atoms with E-state index in [4.69, 9.17) is 14.2 Å². The zero-order chi connectivity index (χ0) is 19.6. The van der Waals surface area contributed by atoms with Crippen LogP contribution < -0.4 is 9.47 Å². The van der Waals surface area contributed by atoms with Gasteiger partial charge < -0.3 is 19.1 Å². The van der Waals surface area contributed by atoms with Crippen LogP contribution in [0.5, 0.6) is 11.5 Å². The first-order chi connectivity index (χ1) is 13.0. The highest BCUT2D eigenvalue weighted by Crippen LogP contribution is 2.28. The molecule has 0 aliphatic heterocycles. The summed E-state index contributed by atoms with van der Waals surface area (Å²) in [7, 11) is 3.20. The molecule has 0 radical (unpaired) electrons. The van der Waals surface area contributed by atoms with Crippen molar-refractivity contribution in [2.75, 3.05) is 27.4 Å². The smallest absolute Gasteiger partial charge is 0.344 e. The van der Waals surface area contributed by atoms with E-state index < -0.39 is 5.97 Å². The number of rotatable bonds is 9. The Morgan fingerprint density at radius 2 is 2.00 bits per heavy atom. The summed E-state index contributed by atoms with van der Waals surface area (Å²) >= 11 is 1.57. The van der Waals surface area contributed by atoms with Crippen LogP contribution in [0, 0.1) is 0 Å². The molecule has 0 spiro atoms. The number of nitrogens with zero attached hydrogens (tertiary/aromatic N) is 1. The third kappa shape index (κ3) is 6.45. The van der Waals surface area contributed by atoms with E-state index in [1.165, 1.54) is 12.0 Å². The first-order valence-corrected chi connectivity index (χ1v) is 9.32. The Hall–Kier alpha value is -2.80. The molecule has 2 rings (SSSR count). The monoisotopic (exact) mass is 389 g/mol. The summed E-state index contributed by atoms with van der Waals surface area (Å²) in [5.74, 6) is 0.0586. The molecule has 1 aromatic carbocycles. The molecule has 1 amide bonds. The molecular formula is C20H23NO5S. The molecule has 0 N–H and O–H groups in total. The lowest BCUT2D eigenvalue weighted by Gasteiger charge is -2.16. The van der Waals surface area contributed by atoms with E-state index in [0.29, 0.717) is 18.0 Å². The van der Waals surface area contributed by atoms with Crippen molar-refractivity contribution in [3.8, 4) is 11.5 Å². The number of carbonyl (C=O) groups excluding carboxylic acids is 2. The van der Waals surface area contributed by atoms with Crippen LogP contribution in [0.2, 0.25) is 0 Å². The van der Waals surface area contributed by atoms with Crippen molar-refractivity contribution < 1.29 is 23.8 Å². The highest BCUT2D eigenvalue weighted by atomic mass is 32.1. The third-order valence-electron chi connectivity index (χ3n) is 3.67. The molecule has 0 unspecified atom stereocenters. The van der Waals surface area contributed by atoms with Crippen LogP contribution in [0.1, 0.15) is 18.1 Å². The summed E-state index contributed by atoms with van der Waals surface area (Å²) in [5, 5.41) is 3.92. The Morgan fingerprint density at radius 3 is 2.67 bits per heavy atom. The lowest BCUT2D eigenvalue weighted by Crippen LogP contribution is -2.31. The fourth-order valence-electron chi connectivity index (χ4n) is 2.27. The first kappa shape index (κ1) is 20.5. The summed E-state index contributed by atoms with van der Waals surface area (Å²) < 4.78 is 15.7. The molecule has 0 atom stereocenters. The highest BCUT2D eigenvalue weighted by molar-refractivity contribution is 7.07. The second kappa shape index (κ2) is 10.4. The minimum Gasteiger partial charge on any atom is -0.493 e. The van der Waals surface area contributed by atoms with Gasteiger partial charge in [0.2, 0.25) is 0 Å². The minimum absolute atomic E-state index is 0.275. The summed E-state index contributed by atoms with van der Waals surface area (Å²) in [5.41, 5.74) is 2.00. The van der Waals surface area contributed by atoms with Crippen LogP contribution in [0.4, 0.5) is 0 Å². The largest absolute Gasteiger partial charge is 0.493 e. The molecule has 0 bridgehead atoms. The molecule has 0 aliphatic carbocycles. The zero-order valence-electron chi connectivity index (χ0n) is 15.6. The standard InChI is InChI=1S/C20H23NO5S/c1-4-5-15-6-7-17(18(10-15)24-3)25-13-20(23)26-12-19(22)21(2)11-16-8-9-27-14-16/h4-10,14H,11-13H2,1-3H3/b5-4+. The number of thiophene rings is 1. The SMILES string of the molecule is C/C=C/c1ccc(OCC(=O)OCC(=O)N(C)Cc2ccsc2)c(OC)c1. The van der Waals surface area contributed by atoms with E-state index in [1.807, 2.05) is 48.0 Å². The summed E-state index contributed by atoms with van der Waals surface area (Å²) in [6, 6.07) is 7.33. The van der Waals surface area contributed by atoms with Gasteiger partial charge in [-0.05, 0) is 47.0 Å². The normalized spacial score (nSPS) is 10.6. The number of benzene rings is 1. The lowest BCUT2D eigenvalue weighted by molar-refractivity contribution is -0.153. The van der Waals surface area contributed by atoms with Crippen molar-refractivity contribution in [3.05, 3.63) is 52.2 Å². The molecule has 1 heterocycles. The fourth-order valence-corrected chi connectivity index (χ4v) is 2.93. The van der Waals surface area contributed by atoms with Gasteiger partial charge in [-0.2, -0.15) is 11.3 Å². The van der Waals surface area contributed by atoms with Gasteiger partial charge in [0.15, 0.2) is 24.7 Å². The van der Waals surface area contributed by atoms with Crippen LogP contribution in [0.15, 0.2) is 41.1 Å². The number of likely N-dealkylation sites (N-methyl/N-ethyl adjacent to an activating group) is 1. The predicted molar refractivity (Wildman–Crippen MR) is 105 cm³/mol. The highest BCUT2D eigenvalue weighted by Gasteiger charge is 2.14. The van der Waals surface area contributed by atoms with Crippen LogP contribution in [0.25, 0.3) is 6.08 Å². The first-order valence-electron chi connectivity index (χ1n) is 8.37. The maximum absolute atomic E-state index is 12.0. The van der Waals surface area contributed by atoms with Crippen molar-refractivity contribution >= 4 is 29.3 Å². The zero-order valence-corrected chi connectivity index (χ0v) is 16.5. The van der Waals surface area contributed by atoms with Gasteiger partial charge in [0.25, 0.3) is 5.91 Å². The van der Waals surface area contributed by atoms with Crippen molar-refractivity contribution in [1.29, 1.82) is 0 Å². The molecule has 144 valence electrons. The number of methoxy groups -OCH3 is 1. The second-order valence-corrected chi connectivity index (χ2v) is 6.52. The van der Waals surface area contributed by atoms with Crippen molar-refractivity contribution in [3.63, 3.8) is 0 Å². The Labute approximate surface area is 163 Å². The molecule has 0 fully saturated rings. The van der Waals surface area contributed by atoms with Gasteiger partial charge in [0.05, 0.1) is 7.11 Å². The number of esters is 1. The number of hydrogen-bond donors (Lipinski definition) is 0. The Balaban J connectivity index is 1.79. The van der Waals surface area contributed by atoms with Gasteiger partial charge in [0, 0.05) is 13.6 Å². The molecular weight excluding hydrogens is 366 g/mol. The predicted octanol–water partition coefficient (Wildman–Crippen LogP) is 3.37. The van der Waals surface area contributed by atoms with Crippen molar-refractivity contribution in [1.82, 2.24) is 4.90 Å². The van der Waals surface area contributed by atoms with Gasteiger partial charge in [-0.25, -0.2) is 4.79 Å². The van der Waals surface area contributed by atoms with Gasteiger partial charge in [-0.15, -0.1) is 0 Å². The molecule has 27 heavy (non-hydrogen) atoms. The van der Waals surface area contributed by atoms with Crippen LogP contribution >= 0.6 is 11.3 Å². The average molecular weight is 389 g/mol. The minimum atomic E-state index is -0.619. The molecule has 7 heteroatoms. The van der Waals surface area contributed by atoms with Crippen LogP contribution in [0.3, 0.4) is 0 Å². The molecule has 0 saturated carbocycles. The maximum Gasteiger partial charge on any atom is 0.344 e. The Morgan fingerprint density at radius 1 is 1.19 bits per heavy atom. The van der Waals surface area contributed by atoms with Gasteiger partial charge in [-0.1, -0.05) is 18.2 Å². The van der Waals surface area contributed by atoms with Gasteiger partial charge in [0.1, 0.15) is 0 Å². The van der Waals surface area contributed by atoms with E-state index >= 15 is 0 Å². The summed E-state index contributed by atoms with van der Waals surface area (Å²) in [6.45, 7) is 1.78. The number of amides is 1. The van der Waals surface area contributed by atoms with Crippen LogP contribution in [-0.2, 0) is 20.9 Å². The topological polar surface area (TPSA) is 65.1 Å². The van der Waals surface area contributed by atoms with E-state index in [-0.39, 0.29) is 19.1 Å². The number of carbonyl (C=O) groups is 2. The summed E-state index contributed by atoms with van der Waals surface area (Å²) in [4.78, 5) is 25.4. The molecule has 6 nitrogen and oxygen atoms in total. The van der Waals surface area contributed by atoms with Crippen LogP contribution in [-0.4, -0.2) is 44.1 Å². The third-order valence-corrected chi connectivity index (χ3v) is 4.41. The number of ether oxygens (including phenoxy) is 3.